The highest BCUT2D eigenvalue weighted by atomic mass is 32.2. The van der Waals surface area contributed by atoms with Crippen LogP contribution >= 0.6 is 23.1 Å². The Bertz CT molecular complexity index is 1160. The Morgan fingerprint density at radius 1 is 1.13 bits per heavy atom. The quantitative estimate of drug-likeness (QED) is 0.328. The Kier molecular flexibility index (Phi) is 6.84. The van der Waals surface area contributed by atoms with Crippen molar-refractivity contribution < 1.29 is 9.53 Å². The first-order chi connectivity index (χ1) is 15.2. The van der Waals surface area contributed by atoms with Crippen molar-refractivity contribution in [1.29, 1.82) is 0 Å². The van der Waals surface area contributed by atoms with Gasteiger partial charge in [-0.25, -0.2) is 4.98 Å². The first kappa shape index (κ1) is 21.3. The van der Waals surface area contributed by atoms with E-state index < -0.39 is 0 Å². The molecule has 0 radical (unpaired) electrons. The lowest BCUT2D eigenvalue weighted by molar-refractivity contribution is -0.116. The molecule has 2 aromatic heterocycles. The summed E-state index contributed by atoms with van der Waals surface area (Å²) < 4.78 is 6.30. The van der Waals surface area contributed by atoms with Gasteiger partial charge < -0.3 is 4.74 Å². The lowest BCUT2D eigenvalue weighted by atomic mass is 10.2. The van der Waals surface area contributed by atoms with Gasteiger partial charge in [-0.2, -0.15) is 0 Å². The number of anilines is 1. The molecule has 0 atom stereocenters. The maximum atomic E-state index is 13.3. The normalized spacial score (nSPS) is 10.9. The number of fused-ring (bicyclic) bond motifs is 1. The van der Waals surface area contributed by atoms with Crippen molar-refractivity contribution in [3.05, 3.63) is 78.1 Å². The lowest BCUT2D eigenvalue weighted by Gasteiger charge is -2.19. The Morgan fingerprint density at radius 2 is 1.97 bits per heavy atom. The van der Waals surface area contributed by atoms with Crippen LogP contribution in [0.4, 0.5) is 5.13 Å². The van der Waals surface area contributed by atoms with Crippen molar-refractivity contribution >= 4 is 44.4 Å². The van der Waals surface area contributed by atoms with Gasteiger partial charge in [0.2, 0.25) is 5.91 Å². The van der Waals surface area contributed by atoms with Crippen LogP contribution < -0.4 is 9.64 Å². The number of aromatic nitrogens is 2. The van der Waals surface area contributed by atoms with Crippen molar-refractivity contribution in [3.8, 4) is 5.75 Å². The fourth-order valence-electron chi connectivity index (χ4n) is 3.10. The predicted octanol–water partition coefficient (Wildman–Crippen LogP) is 5.59. The summed E-state index contributed by atoms with van der Waals surface area (Å²) in [6.07, 6.45) is 2.72. The predicted molar refractivity (Wildman–Crippen MR) is 128 cm³/mol. The third-order valence-electron chi connectivity index (χ3n) is 4.85. The summed E-state index contributed by atoms with van der Waals surface area (Å²) in [5.41, 5.74) is 3.01. The Morgan fingerprint density at radius 3 is 2.68 bits per heavy atom. The molecular formula is C24H23N3O2S2. The van der Waals surface area contributed by atoms with E-state index in [0.717, 1.165) is 33.0 Å². The Labute approximate surface area is 190 Å². The molecule has 2 heterocycles. The number of pyridine rings is 1. The molecule has 7 heteroatoms. The minimum Gasteiger partial charge on any atom is -0.497 e. The second kappa shape index (κ2) is 9.94. The lowest BCUT2D eigenvalue weighted by Crippen LogP contribution is -2.32. The maximum absolute atomic E-state index is 13.3. The van der Waals surface area contributed by atoms with E-state index in [1.807, 2.05) is 48.5 Å². The van der Waals surface area contributed by atoms with E-state index in [9.17, 15) is 4.79 Å². The first-order valence-corrected chi connectivity index (χ1v) is 11.8. The van der Waals surface area contributed by atoms with Gasteiger partial charge in [0, 0.05) is 11.1 Å². The second-order valence-electron chi connectivity index (χ2n) is 6.92. The highest BCUT2D eigenvalue weighted by Gasteiger charge is 2.21. The number of carbonyl (C=O) groups excluding carboxylic acids is 1. The zero-order chi connectivity index (χ0) is 21.6. The molecule has 0 aliphatic rings. The number of thioether (sulfide) groups is 1. The van der Waals surface area contributed by atoms with Crippen LogP contribution in [0.1, 0.15) is 18.2 Å². The molecule has 0 aliphatic carbocycles. The van der Waals surface area contributed by atoms with E-state index in [1.165, 1.54) is 17.3 Å². The average Bonchev–Trinajstić information content (AvgIpc) is 3.25. The third-order valence-corrected chi connectivity index (χ3v) is 6.89. The summed E-state index contributed by atoms with van der Waals surface area (Å²) in [6, 6.07) is 19.7. The number of ether oxygens (including phenoxy) is 1. The molecule has 1 amide bonds. The molecule has 5 nitrogen and oxygen atoms in total. The van der Waals surface area contributed by atoms with E-state index >= 15 is 0 Å². The average molecular weight is 450 g/mol. The number of nitrogens with zero attached hydrogens (tertiary/aromatic N) is 3. The Balaban J connectivity index is 1.58. The minimum absolute atomic E-state index is 0.00115. The van der Waals surface area contributed by atoms with E-state index in [4.69, 9.17) is 9.72 Å². The molecule has 4 aromatic rings. The van der Waals surface area contributed by atoms with Crippen LogP contribution in [0.15, 0.2) is 71.8 Å². The second-order valence-corrected chi connectivity index (χ2v) is 8.98. The number of hydrogen-bond acceptors (Lipinski definition) is 6. The van der Waals surface area contributed by atoms with Crippen LogP contribution in [0, 0.1) is 0 Å². The van der Waals surface area contributed by atoms with Crippen LogP contribution in [-0.4, -0.2) is 28.7 Å². The van der Waals surface area contributed by atoms with Crippen molar-refractivity contribution in [3.63, 3.8) is 0 Å². The van der Waals surface area contributed by atoms with E-state index in [0.29, 0.717) is 17.4 Å². The van der Waals surface area contributed by atoms with Crippen LogP contribution in [-0.2, 0) is 17.8 Å². The van der Waals surface area contributed by atoms with Gasteiger partial charge in [-0.05, 0) is 60.5 Å². The molecule has 2 aromatic carbocycles. The minimum atomic E-state index is 0.00115. The molecule has 0 N–H and O–H groups in total. The standard InChI is InChI=1S/C24H23N3O2S2/c1-3-17-7-12-21-22(14-17)31-24(26-21)27(15-18-6-4-5-13-25-18)23(28)16-30-20-10-8-19(29-2)9-11-20/h4-14H,3,15-16H2,1-2H3. The number of benzene rings is 2. The highest BCUT2D eigenvalue weighted by molar-refractivity contribution is 8.00. The van der Waals surface area contributed by atoms with Crippen molar-refractivity contribution in [2.24, 2.45) is 0 Å². The molecule has 0 unspecified atom stereocenters. The van der Waals surface area contributed by atoms with Gasteiger partial charge in [0.25, 0.3) is 0 Å². The van der Waals surface area contributed by atoms with Gasteiger partial charge in [-0.1, -0.05) is 30.4 Å². The van der Waals surface area contributed by atoms with Crippen LogP contribution in [0.2, 0.25) is 0 Å². The Hall–Kier alpha value is -2.90. The van der Waals surface area contributed by atoms with Crippen molar-refractivity contribution in [2.45, 2.75) is 24.8 Å². The molecular weight excluding hydrogens is 426 g/mol. The molecule has 4 rings (SSSR count). The van der Waals surface area contributed by atoms with Gasteiger partial charge in [0.15, 0.2) is 5.13 Å². The number of methoxy groups -OCH3 is 1. The topological polar surface area (TPSA) is 55.3 Å². The third kappa shape index (κ3) is 5.24. The fraction of sp³-hybridized carbons (Fsp3) is 0.208. The van der Waals surface area contributed by atoms with Crippen molar-refractivity contribution in [2.75, 3.05) is 17.8 Å². The number of hydrogen-bond donors (Lipinski definition) is 0. The number of amides is 1. The fourth-order valence-corrected chi connectivity index (χ4v) is 4.92. The molecule has 0 saturated carbocycles. The monoisotopic (exact) mass is 449 g/mol. The highest BCUT2D eigenvalue weighted by Crippen LogP contribution is 2.31. The van der Waals surface area contributed by atoms with E-state index in [-0.39, 0.29) is 5.91 Å². The van der Waals surface area contributed by atoms with Crippen LogP contribution in [0.25, 0.3) is 10.2 Å². The number of aryl methyl sites for hydroxylation is 1. The van der Waals surface area contributed by atoms with E-state index in [1.54, 1.807) is 29.5 Å². The van der Waals surface area contributed by atoms with Gasteiger partial charge >= 0.3 is 0 Å². The first-order valence-electron chi connectivity index (χ1n) is 10.0. The molecule has 158 valence electrons. The zero-order valence-electron chi connectivity index (χ0n) is 17.4. The summed E-state index contributed by atoms with van der Waals surface area (Å²) in [5.74, 6) is 1.12. The molecule has 31 heavy (non-hydrogen) atoms. The SMILES string of the molecule is CCc1ccc2nc(N(Cc3ccccn3)C(=O)CSc3ccc(OC)cc3)sc2c1. The summed E-state index contributed by atoms with van der Waals surface area (Å²) in [6.45, 7) is 2.53. The molecule has 0 aliphatic heterocycles. The van der Waals surface area contributed by atoms with Gasteiger partial charge in [0.1, 0.15) is 5.75 Å². The van der Waals surface area contributed by atoms with Gasteiger partial charge in [-0.3, -0.25) is 14.7 Å². The zero-order valence-corrected chi connectivity index (χ0v) is 19.1. The van der Waals surface area contributed by atoms with Crippen molar-refractivity contribution in [1.82, 2.24) is 9.97 Å². The molecule has 0 bridgehead atoms. The van der Waals surface area contributed by atoms with Gasteiger partial charge in [-0.15, -0.1) is 11.8 Å². The summed E-state index contributed by atoms with van der Waals surface area (Å²) in [4.78, 5) is 25.2. The van der Waals surface area contributed by atoms with Gasteiger partial charge in [0.05, 0.1) is 35.3 Å². The summed E-state index contributed by atoms with van der Waals surface area (Å²) >= 11 is 3.05. The molecule has 0 spiro atoms. The number of carbonyl (C=O) groups is 1. The number of rotatable bonds is 8. The molecule has 0 fully saturated rings. The maximum Gasteiger partial charge on any atom is 0.239 e. The smallest absolute Gasteiger partial charge is 0.239 e. The number of thiazole rings is 1. The largest absolute Gasteiger partial charge is 0.497 e. The van der Waals surface area contributed by atoms with Crippen LogP contribution in [0.3, 0.4) is 0 Å². The summed E-state index contributed by atoms with van der Waals surface area (Å²) in [5, 5.41) is 0.703. The van der Waals surface area contributed by atoms with E-state index in [2.05, 4.69) is 24.0 Å². The molecule has 0 saturated heterocycles. The summed E-state index contributed by atoms with van der Waals surface area (Å²) in [7, 11) is 1.64. The van der Waals surface area contributed by atoms with Crippen LogP contribution in [0.5, 0.6) is 5.75 Å².